The first-order valence-corrected chi connectivity index (χ1v) is 5.55. The second kappa shape index (κ2) is 5.40. The Morgan fingerprint density at radius 3 is 2.94 bits per heavy atom. The van der Waals surface area contributed by atoms with Crippen LogP contribution in [-0.2, 0) is 6.54 Å². The van der Waals surface area contributed by atoms with Gasteiger partial charge in [-0.05, 0) is 29.5 Å². The Balaban J connectivity index is 2.41. The van der Waals surface area contributed by atoms with Crippen LogP contribution in [0, 0.1) is 0 Å². The van der Waals surface area contributed by atoms with E-state index in [1.807, 2.05) is 31.2 Å². The van der Waals surface area contributed by atoms with Gasteiger partial charge < -0.3 is 10.5 Å². The van der Waals surface area contributed by atoms with E-state index < -0.39 is 0 Å². The van der Waals surface area contributed by atoms with Gasteiger partial charge in [0, 0.05) is 6.54 Å². The van der Waals surface area contributed by atoms with Crippen LogP contribution in [0.3, 0.4) is 0 Å². The average molecular weight is 233 g/mol. The molecule has 0 radical (unpaired) electrons. The van der Waals surface area contributed by atoms with Crippen molar-refractivity contribution in [1.82, 2.24) is 20.2 Å². The summed E-state index contributed by atoms with van der Waals surface area (Å²) >= 11 is 0. The number of benzene rings is 1. The van der Waals surface area contributed by atoms with Crippen molar-refractivity contribution in [3.63, 3.8) is 0 Å². The zero-order chi connectivity index (χ0) is 12.1. The molecule has 6 heteroatoms. The first kappa shape index (κ1) is 11.5. The second-order valence-electron chi connectivity index (χ2n) is 3.44. The number of hydrogen-bond donors (Lipinski definition) is 1. The van der Waals surface area contributed by atoms with E-state index in [-0.39, 0.29) is 0 Å². The fourth-order valence-electron chi connectivity index (χ4n) is 1.60. The van der Waals surface area contributed by atoms with Crippen LogP contribution in [0.5, 0.6) is 5.75 Å². The quantitative estimate of drug-likeness (QED) is 0.822. The molecule has 1 heterocycles. The van der Waals surface area contributed by atoms with Gasteiger partial charge in [-0.25, -0.2) is 4.68 Å². The molecule has 0 amide bonds. The number of rotatable bonds is 5. The molecule has 0 spiro atoms. The lowest BCUT2D eigenvalue weighted by Gasteiger charge is -2.09. The van der Waals surface area contributed by atoms with Crippen molar-refractivity contribution >= 4 is 0 Å². The average Bonchev–Trinajstić information content (AvgIpc) is 2.79. The maximum atomic E-state index is 5.55. The Bertz CT molecular complexity index is 482. The molecule has 0 aliphatic rings. The van der Waals surface area contributed by atoms with Crippen LogP contribution in [0.4, 0.5) is 0 Å². The van der Waals surface area contributed by atoms with Crippen LogP contribution < -0.4 is 10.5 Å². The zero-order valence-corrected chi connectivity index (χ0v) is 9.71. The first-order valence-electron chi connectivity index (χ1n) is 5.55. The molecular weight excluding hydrogens is 218 g/mol. The maximum Gasteiger partial charge on any atom is 0.185 e. The summed E-state index contributed by atoms with van der Waals surface area (Å²) in [5, 5.41) is 11.6. The summed E-state index contributed by atoms with van der Waals surface area (Å²) in [6, 6.07) is 7.69. The van der Waals surface area contributed by atoms with E-state index in [0.29, 0.717) is 25.5 Å². The molecule has 0 bridgehead atoms. The summed E-state index contributed by atoms with van der Waals surface area (Å²) in [5.74, 6) is 1.46. The highest BCUT2D eigenvalue weighted by Gasteiger charge is 2.12. The Kier molecular flexibility index (Phi) is 3.66. The smallest absolute Gasteiger partial charge is 0.185 e. The van der Waals surface area contributed by atoms with Gasteiger partial charge in [0.2, 0.25) is 0 Å². The molecule has 1 aromatic carbocycles. The molecule has 1 aromatic heterocycles. The van der Waals surface area contributed by atoms with Gasteiger partial charge in [0.05, 0.1) is 18.7 Å². The molecule has 90 valence electrons. The van der Waals surface area contributed by atoms with Crippen LogP contribution in [0.15, 0.2) is 24.3 Å². The number of aromatic nitrogens is 4. The molecule has 6 nitrogen and oxygen atoms in total. The van der Waals surface area contributed by atoms with Crippen molar-refractivity contribution in [2.75, 3.05) is 13.2 Å². The number of nitrogens with zero attached hydrogens (tertiary/aromatic N) is 4. The lowest BCUT2D eigenvalue weighted by Crippen LogP contribution is -2.12. The van der Waals surface area contributed by atoms with Crippen LogP contribution in [-0.4, -0.2) is 33.4 Å². The summed E-state index contributed by atoms with van der Waals surface area (Å²) in [6.07, 6.45) is 0. The van der Waals surface area contributed by atoms with E-state index in [1.54, 1.807) is 4.68 Å². The van der Waals surface area contributed by atoms with Gasteiger partial charge in [-0.15, -0.1) is 5.10 Å². The monoisotopic (exact) mass is 233 g/mol. The summed E-state index contributed by atoms with van der Waals surface area (Å²) in [4.78, 5) is 0. The number of nitrogens with two attached hydrogens (primary N) is 1. The fraction of sp³-hybridized carbons (Fsp3) is 0.364. The fourth-order valence-corrected chi connectivity index (χ4v) is 1.60. The Hall–Kier alpha value is -1.95. The van der Waals surface area contributed by atoms with Crippen molar-refractivity contribution in [2.24, 2.45) is 5.73 Å². The highest BCUT2D eigenvalue weighted by molar-refractivity contribution is 5.63. The van der Waals surface area contributed by atoms with Crippen molar-refractivity contribution < 1.29 is 4.74 Å². The third-order valence-corrected chi connectivity index (χ3v) is 2.30. The molecule has 17 heavy (non-hydrogen) atoms. The minimum Gasteiger partial charge on any atom is -0.493 e. The Labute approximate surface area is 99.4 Å². The van der Waals surface area contributed by atoms with E-state index in [4.69, 9.17) is 10.5 Å². The molecular formula is C11H15N5O. The summed E-state index contributed by atoms with van der Waals surface area (Å²) < 4.78 is 7.23. The first-order chi connectivity index (χ1) is 8.36. The summed E-state index contributed by atoms with van der Waals surface area (Å²) in [6.45, 7) is 3.63. The van der Waals surface area contributed by atoms with Gasteiger partial charge in [0.1, 0.15) is 5.75 Å². The van der Waals surface area contributed by atoms with Crippen molar-refractivity contribution in [3.05, 3.63) is 24.3 Å². The third kappa shape index (κ3) is 2.42. The highest BCUT2D eigenvalue weighted by Crippen LogP contribution is 2.27. The summed E-state index contributed by atoms with van der Waals surface area (Å²) in [7, 11) is 0. The largest absolute Gasteiger partial charge is 0.493 e. The minimum atomic E-state index is 0.495. The van der Waals surface area contributed by atoms with Crippen molar-refractivity contribution in [1.29, 1.82) is 0 Å². The normalized spacial score (nSPS) is 10.5. The predicted octanol–water partition coefficient (Wildman–Crippen LogP) is 0.697. The minimum absolute atomic E-state index is 0.495. The molecule has 0 saturated heterocycles. The van der Waals surface area contributed by atoms with Gasteiger partial charge in [0.25, 0.3) is 0 Å². The van der Waals surface area contributed by atoms with Crippen molar-refractivity contribution in [3.8, 4) is 17.1 Å². The Morgan fingerprint density at radius 1 is 1.35 bits per heavy atom. The van der Waals surface area contributed by atoms with Crippen LogP contribution in [0.2, 0.25) is 0 Å². The molecule has 0 aliphatic heterocycles. The van der Waals surface area contributed by atoms with Gasteiger partial charge >= 0.3 is 0 Å². The van der Waals surface area contributed by atoms with E-state index in [2.05, 4.69) is 15.5 Å². The molecule has 0 atom stereocenters. The van der Waals surface area contributed by atoms with Crippen LogP contribution >= 0.6 is 0 Å². The Morgan fingerprint density at radius 2 is 2.18 bits per heavy atom. The number of ether oxygens (including phenoxy) is 1. The third-order valence-electron chi connectivity index (χ3n) is 2.30. The van der Waals surface area contributed by atoms with Gasteiger partial charge in [-0.2, -0.15) is 0 Å². The van der Waals surface area contributed by atoms with E-state index >= 15 is 0 Å². The van der Waals surface area contributed by atoms with Crippen molar-refractivity contribution in [2.45, 2.75) is 13.5 Å². The molecule has 2 rings (SSSR count). The van der Waals surface area contributed by atoms with Crippen LogP contribution in [0.1, 0.15) is 6.92 Å². The summed E-state index contributed by atoms with van der Waals surface area (Å²) in [5.41, 5.74) is 6.40. The van der Waals surface area contributed by atoms with Gasteiger partial charge in [-0.3, -0.25) is 0 Å². The molecule has 0 fully saturated rings. The molecule has 2 aromatic rings. The number of tetrazole rings is 1. The standard InChI is InChI=1S/C11H15N5O/c1-2-17-10-6-4-3-5-9(10)11-13-14-15-16(11)8-7-12/h3-6H,2,7-8,12H2,1H3. The van der Waals surface area contributed by atoms with Crippen LogP contribution in [0.25, 0.3) is 11.4 Å². The molecule has 2 N–H and O–H groups in total. The number of hydrogen-bond acceptors (Lipinski definition) is 5. The SMILES string of the molecule is CCOc1ccccc1-c1nnnn1CCN. The lowest BCUT2D eigenvalue weighted by atomic mass is 10.2. The predicted molar refractivity (Wildman–Crippen MR) is 63.5 cm³/mol. The molecule has 0 saturated carbocycles. The van der Waals surface area contributed by atoms with E-state index in [1.165, 1.54) is 0 Å². The molecule has 0 aliphatic carbocycles. The second-order valence-corrected chi connectivity index (χ2v) is 3.44. The van der Waals surface area contributed by atoms with E-state index in [9.17, 15) is 0 Å². The number of para-hydroxylation sites is 1. The zero-order valence-electron chi connectivity index (χ0n) is 9.71. The van der Waals surface area contributed by atoms with Gasteiger partial charge in [0.15, 0.2) is 5.82 Å². The lowest BCUT2D eigenvalue weighted by molar-refractivity contribution is 0.341. The van der Waals surface area contributed by atoms with Gasteiger partial charge in [-0.1, -0.05) is 12.1 Å². The molecule has 0 unspecified atom stereocenters. The van der Waals surface area contributed by atoms with E-state index in [0.717, 1.165) is 11.3 Å². The topological polar surface area (TPSA) is 78.9 Å². The highest BCUT2D eigenvalue weighted by atomic mass is 16.5. The maximum absolute atomic E-state index is 5.55.